The molecule has 4 unspecified atom stereocenters. The molecule has 260 valence electrons. The number of hydrogen-bond acceptors (Lipinski definition) is 2. The summed E-state index contributed by atoms with van der Waals surface area (Å²) < 4.78 is 0. The van der Waals surface area contributed by atoms with Crippen LogP contribution >= 0.6 is 0 Å². The van der Waals surface area contributed by atoms with E-state index in [0.29, 0.717) is 23.2 Å². The third-order valence-electron chi connectivity index (χ3n) is 14.2. The number of rotatable bonds is 20. The first-order valence-corrected chi connectivity index (χ1v) is 20.4. The maximum absolute atomic E-state index is 12.7. The Morgan fingerprint density at radius 1 is 0.778 bits per heavy atom. The quantitative estimate of drug-likeness (QED) is 0.104. The first-order chi connectivity index (χ1) is 21.8. The Morgan fingerprint density at radius 3 is 2.11 bits per heavy atom. The highest BCUT2D eigenvalue weighted by Gasteiger charge is 2.60. The summed E-state index contributed by atoms with van der Waals surface area (Å²) >= 11 is 0. The van der Waals surface area contributed by atoms with E-state index in [1.165, 1.54) is 128 Å². The number of aliphatic hydroxyl groups is 1. The fourth-order valence-corrected chi connectivity index (χ4v) is 11.5. The summed E-state index contributed by atoms with van der Waals surface area (Å²) in [5, 5.41) is 13.6. The van der Waals surface area contributed by atoms with Crippen LogP contribution in [0.2, 0.25) is 0 Å². The number of amides is 1. The van der Waals surface area contributed by atoms with Gasteiger partial charge in [-0.25, -0.2) is 0 Å². The smallest absolute Gasteiger partial charge is 0.220 e. The Hall–Kier alpha value is -0.830. The molecule has 0 aromatic rings. The predicted octanol–water partition coefficient (Wildman–Crippen LogP) is 11.6. The molecule has 4 fully saturated rings. The van der Waals surface area contributed by atoms with Gasteiger partial charge in [0, 0.05) is 13.0 Å². The van der Waals surface area contributed by atoms with Crippen molar-refractivity contribution in [2.75, 3.05) is 6.54 Å². The average Bonchev–Trinajstić information content (AvgIpc) is 3.39. The monoisotopic (exact) mass is 626 g/mol. The van der Waals surface area contributed by atoms with E-state index in [4.69, 9.17) is 0 Å². The van der Waals surface area contributed by atoms with Gasteiger partial charge in [-0.1, -0.05) is 97.6 Å². The van der Waals surface area contributed by atoms with E-state index in [1.54, 1.807) is 0 Å². The summed E-state index contributed by atoms with van der Waals surface area (Å²) in [4.78, 5) is 12.7. The van der Waals surface area contributed by atoms with Crippen molar-refractivity contribution in [1.82, 2.24) is 5.32 Å². The minimum atomic E-state index is -0.0469. The zero-order valence-corrected chi connectivity index (χ0v) is 30.4. The number of allylic oxidation sites excluding steroid dienone is 2. The standard InChI is InChI=1S/C42H75NO2/c1-5-6-7-8-9-10-11-12-13-14-15-16-17-18-19-20-31-43-40(45)26-21-33(2)37-24-25-38-36-23-22-34-32-35(44)27-29-41(34,3)39(36)28-30-42(37,38)4/h12-13,33-39,44H,5-11,14-32H2,1-4H3,(H,43,45)/t33-,34?,35-,36?,37-,38?,39?,41+,42-/m1/s1. The number of fused-ring (bicyclic) bond motifs is 5. The Balaban J connectivity index is 1.03. The van der Waals surface area contributed by atoms with Crippen molar-refractivity contribution in [3.63, 3.8) is 0 Å². The van der Waals surface area contributed by atoms with Crippen molar-refractivity contribution < 1.29 is 9.90 Å². The van der Waals surface area contributed by atoms with Crippen LogP contribution in [0.15, 0.2) is 12.2 Å². The van der Waals surface area contributed by atoms with Crippen molar-refractivity contribution in [2.24, 2.45) is 46.3 Å². The second-order valence-corrected chi connectivity index (χ2v) is 17.1. The van der Waals surface area contributed by atoms with E-state index in [0.717, 1.165) is 61.8 Å². The van der Waals surface area contributed by atoms with Crippen molar-refractivity contribution in [3.8, 4) is 0 Å². The maximum atomic E-state index is 12.7. The molecule has 1 amide bonds. The van der Waals surface area contributed by atoms with Crippen LogP contribution < -0.4 is 5.32 Å². The summed E-state index contributed by atoms with van der Waals surface area (Å²) in [5.41, 5.74) is 0.938. The first-order valence-electron chi connectivity index (χ1n) is 20.4. The molecule has 0 spiro atoms. The highest BCUT2D eigenvalue weighted by molar-refractivity contribution is 5.75. The molecule has 0 bridgehead atoms. The van der Waals surface area contributed by atoms with E-state index in [-0.39, 0.29) is 12.0 Å². The first kappa shape index (κ1) is 37.0. The van der Waals surface area contributed by atoms with Gasteiger partial charge in [-0.15, -0.1) is 0 Å². The maximum Gasteiger partial charge on any atom is 0.220 e. The minimum absolute atomic E-state index is 0.0469. The summed E-state index contributed by atoms with van der Waals surface area (Å²) in [6.07, 6.45) is 36.7. The Labute approximate surface area is 279 Å². The third-order valence-corrected chi connectivity index (χ3v) is 14.2. The number of carbonyl (C=O) groups excluding carboxylic acids is 1. The molecule has 0 aromatic carbocycles. The van der Waals surface area contributed by atoms with Crippen LogP contribution in [0.5, 0.6) is 0 Å². The molecule has 0 heterocycles. The lowest BCUT2D eigenvalue weighted by atomic mass is 9.44. The molecule has 0 saturated heterocycles. The van der Waals surface area contributed by atoms with Crippen LogP contribution in [-0.4, -0.2) is 23.7 Å². The molecule has 2 N–H and O–H groups in total. The lowest BCUT2D eigenvalue weighted by Crippen LogP contribution is -2.54. The van der Waals surface area contributed by atoms with E-state index >= 15 is 0 Å². The van der Waals surface area contributed by atoms with Gasteiger partial charge >= 0.3 is 0 Å². The lowest BCUT2D eigenvalue weighted by molar-refractivity contribution is -0.129. The normalized spacial score (nSPS) is 35.1. The van der Waals surface area contributed by atoms with Crippen LogP contribution in [0, 0.1) is 46.3 Å². The van der Waals surface area contributed by atoms with Crippen LogP contribution in [0.4, 0.5) is 0 Å². The largest absolute Gasteiger partial charge is 0.393 e. The fraction of sp³-hybridized carbons (Fsp3) is 0.929. The summed E-state index contributed by atoms with van der Waals surface area (Å²) in [7, 11) is 0. The van der Waals surface area contributed by atoms with Crippen LogP contribution in [0.25, 0.3) is 0 Å². The van der Waals surface area contributed by atoms with Crippen LogP contribution in [0.3, 0.4) is 0 Å². The molecule has 9 atom stereocenters. The topological polar surface area (TPSA) is 49.3 Å². The van der Waals surface area contributed by atoms with Crippen LogP contribution in [-0.2, 0) is 4.79 Å². The van der Waals surface area contributed by atoms with Gasteiger partial charge in [0.15, 0.2) is 0 Å². The Bertz CT molecular complexity index is 884. The molecule has 45 heavy (non-hydrogen) atoms. The summed E-state index contributed by atoms with van der Waals surface area (Å²) in [6, 6.07) is 0. The van der Waals surface area contributed by atoms with E-state index in [9.17, 15) is 9.90 Å². The molecule has 4 rings (SSSR count). The number of hydrogen-bond donors (Lipinski definition) is 2. The minimum Gasteiger partial charge on any atom is -0.393 e. The van der Waals surface area contributed by atoms with Gasteiger partial charge in [0.1, 0.15) is 0 Å². The molecule has 0 aromatic heterocycles. The molecule has 4 aliphatic carbocycles. The molecular formula is C42H75NO2. The number of carbonyl (C=O) groups is 1. The van der Waals surface area contributed by atoms with E-state index < -0.39 is 0 Å². The second-order valence-electron chi connectivity index (χ2n) is 17.1. The summed E-state index contributed by atoms with van der Waals surface area (Å²) in [6.45, 7) is 10.9. The summed E-state index contributed by atoms with van der Waals surface area (Å²) in [5.74, 6) is 5.12. The molecule has 0 aliphatic heterocycles. The van der Waals surface area contributed by atoms with Crippen molar-refractivity contribution in [3.05, 3.63) is 12.2 Å². The zero-order valence-electron chi connectivity index (χ0n) is 30.4. The zero-order chi connectivity index (χ0) is 32.1. The van der Waals surface area contributed by atoms with Gasteiger partial charge < -0.3 is 10.4 Å². The van der Waals surface area contributed by atoms with Gasteiger partial charge in [0.2, 0.25) is 5.91 Å². The number of nitrogens with one attached hydrogen (secondary N) is 1. The molecule has 3 nitrogen and oxygen atoms in total. The van der Waals surface area contributed by atoms with Crippen molar-refractivity contribution >= 4 is 5.91 Å². The molecule has 3 heteroatoms. The second kappa shape index (κ2) is 18.6. The van der Waals surface area contributed by atoms with Crippen LogP contribution in [0.1, 0.15) is 188 Å². The van der Waals surface area contributed by atoms with Gasteiger partial charge in [0.05, 0.1) is 6.10 Å². The highest BCUT2D eigenvalue weighted by Crippen LogP contribution is 2.68. The highest BCUT2D eigenvalue weighted by atomic mass is 16.3. The number of unbranched alkanes of at least 4 members (excludes halogenated alkanes) is 12. The van der Waals surface area contributed by atoms with E-state index in [1.807, 2.05) is 0 Å². The lowest BCUT2D eigenvalue weighted by Gasteiger charge is -2.61. The van der Waals surface area contributed by atoms with Gasteiger partial charge in [-0.3, -0.25) is 4.79 Å². The molecule has 4 aliphatic rings. The number of aliphatic hydroxyl groups excluding tert-OH is 1. The average molecular weight is 626 g/mol. The Kier molecular flexibility index (Phi) is 15.3. The predicted molar refractivity (Wildman–Crippen MR) is 192 cm³/mol. The van der Waals surface area contributed by atoms with Gasteiger partial charge in [-0.05, 0) is 143 Å². The molecular weight excluding hydrogens is 550 g/mol. The SMILES string of the molecule is CCCCCCCCC=CCCCCCCCCNC(=O)CC[C@@H](C)[C@H]1CCC2C3CCC4C[C@H](O)CC[C@]4(C)C3CC[C@@]21C. The fourth-order valence-electron chi connectivity index (χ4n) is 11.5. The van der Waals surface area contributed by atoms with Gasteiger partial charge in [0.25, 0.3) is 0 Å². The molecule has 4 saturated carbocycles. The van der Waals surface area contributed by atoms with E-state index in [2.05, 4.69) is 45.2 Å². The van der Waals surface area contributed by atoms with Gasteiger partial charge in [-0.2, -0.15) is 0 Å². The Morgan fingerprint density at radius 2 is 1.40 bits per heavy atom. The molecule has 0 radical (unpaired) electrons. The van der Waals surface area contributed by atoms with Crippen molar-refractivity contribution in [2.45, 2.75) is 194 Å². The van der Waals surface area contributed by atoms with Crippen molar-refractivity contribution in [1.29, 1.82) is 0 Å². The third kappa shape index (κ3) is 10.1.